The number of nitrogens with zero attached hydrogens (tertiary/aromatic N) is 2. The molecular formula is C16H18N4O4S. The van der Waals surface area contributed by atoms with Crippen molar-refractivity contribution in [3.63, 3.8) is 0 Å². The summed E-state index contributed by atoms with van der Waals surface area (Å²) in [7, 11) is 3.10. The molecule has 3 amide bonds. The van der Waals surface area contributed by atoms with Crippen LogP contribution in [0.25, 0.3) is 0 Å². The van der Waals surface area contributed by atoms with E-state index in [9.17, 15) is 9.59 Å². The van der Waals surface area contributed by atoms with E-state index in [1.54, 1.807) is 48.9 Å². The van der Waals surface area contributed by atoms with Crippen molar-refractivity contribution in [1.82, 2.24) is 10.3 Å². The predicted octanol–water partition coefficient (Wildman–Crippen LogP) is 2.09. The van der Waals surface area contributed by atoms with Gasteiger partial charge in [0, 0.05) is 36.3 Å². The highest BCUT2D eigenvalue weighted by Crippen LogP contribution is 2.33. The van der Waals surface area contributed by atoms with Gasteiger partial charge in [-0.15, -0.1) is 11.3 Å². The van der Waals surface area contributed by atoms with Gasteiger partial charge in [-0.3, -0.25) is 10.1 Å². The number of carbonyl (C=O) groups is 2. The first kappa shape index (κ1) is 17.0. The van der Waals surface area contributed by atoms with Gasteiger partial charge < -0.3 is 19.7 Å². The van der Waals surface area contributed by atoms with Crippen molar-refractivity contribution in [3.05, 3.63) is 29.8 Å². The number of hydrogen-bond acceptors (Lipinski definition) is 6. The summed E-state index contributed by atoms with van der Waals surface area (Å²) in [6, 6.07) is 4.63. The van der Waals surface area contributed by atoms with Crippen LogP contribution in [0.2, 0.25) is 0 Å². The molecule has 1 aliphatic rings. The molecule has 0 saturated carbocycles. The molecule has 0 bridgehead atoms. The summed E-state index contributed by atoms with van der Waals surface area (Å²) in [6.45, 7) is 0.388. The van der Waals surface area contributed by atoms with E-state index >= 15 is 0 Å². The van der Waals surface area contributed by atoms with Crippen LogP contribution >= 0.6 is 11.3 Å². The lowest BCUT2D eigenvalue weighted by Gasteiger charge is -2.19. The number of rotatable bonds is 5. The summed E-state index contributed by atoms with van der Waals surface area (Å²) in [5.74, 6) is 1.08. The lowest BCUT2D eigenvalue weighted by atomic mass is 10.2. The Hall–Kier alpha value is -2.81. The third kappa shape index (κ3) is 3.82. The normalized spacial score (nSPS) is 16.6. The van der Waals surface area contributed by atoms with Gasteiger partial charge in [-0.2, -0.15) is 0 Å². The highest BCUT2D eigenvalue weighted by atomic mass is 32.1. The van der Waals surface area contributed by atoms with Gasteiger partial charge in [-0.25, -0.2) is 9.78 Å². The average molecular weight is 362 g/mol. The molecule has 0 aliphatic carbocycles. The molecule has 9 heteroatoms. The van der Waals surface area contributed by atoms with E-state index in [0.717, 1.165) is 0 Å². The van der Waals surface area contributed by atoms with Crippen LogP contribution in [0.1, 0.15) is 6.42 Å². The number of nitrogens with one attached hydrogen (secondary N) is 2. The summed E-state index contributed by atoms with van der Waals surface area (Å²) in [6.07, 6.45) is 1.85. The largest absolute Gasteiger partial charge is 0.493 e. The van der Waals surface area contributed by atoms with Gasteiger partial charge in [0.1, 0.15) is 0 Å². The molecular weight excluding hydrogens is 344 g/mol. The van der Waals surface area contributed by atoms with Crippen molar-refractivity contribution in [2.24, 2.45) is 0 Å². The molecule has 2 aromatic rings. The first-order chi connectivity index (χ1) is 12.1. The van der Waals surface area contributed by atoms with E-state index in [1.807, 2.05) is 0 Å². The predicted molar refractivity (Wildman–Crippen MR) is 94.6 cm³/mol. The van der Waals surface area contributed by atoms with Crippen LogP contribution in [0.4, 0.5) is 15.6 Å². The van der Waals surface area contributed by atoms with Gasteiger partial charge in [0.15, 0.2) is 16.6 Å². The molecule has 132 valence electrons. The van der Waals surface area contributed by atoms with Gasteiger partial charge in [0.2, 0.25) is 5.91 Å². The topological polar surface area (TPSA) is 92.8 Å². The maximum Gasteiger partial charge on any atom is 0.321 e. The highest BCUT2D eigenvalue weighted by molar-refractivity contribution is 7.13. The van der Waals surface area contributed by atoms with E-state index in [1.165, 1.54) is 11.3 Å². The fourth-order valence-electron chi connectivity index (χ4n) is 2.65. The van der Waals surface area contributed by atoms with Crippen LogP contribution in [-0.2, 0) is 4.79 Å². The second-order valence-electron chi connectivity index (χ2n) is 5.38. The average Bonchev–Trinajstić information content (AvgIpc) is 3.23. The Labute approximate surface area is 148 Å². The van der Waals surface area contributed by atoms with Crippen LogP contribution in [0.15, 0.2) is 29.8 Å². The number of ether oxygens (including phenoxy) is 2. The third-order valence-corrected chi connectivity index (χ3v) is 4.48. The number of benzene rings is 1. The zero-order valence-electron chi connectivity index (χ0n) is 13.8. The molecule has 1 saturated heterocycles. The molecule has 0 unspecified atom stereocenters. The summed E-state index contributed by atoms with van der Waals surface area (Å²) in [4.78, 5) is 29.9. The van der Waals surface area contributed by atoms with Gasteiger partial charge in [0.05, 0.1) is 20.3 Å². The molecule has 1 aliphatic heterocycles. The number of thiazole rings is 1. The number of amides is 3. The SMILES string of the molecule is COc1ccc(N2C[C@H](NC(=O)Nc3nccs3)CC2=O)cc1OC. The molecule has 1 fully saturated rings. The summed E-state index contributed by atoms with van der Waals surface area (Å²) in [5, 5.41) is 7.72. The smallest absolute Gasteiger partial charge is 0.321 e. The Balaban J connectivity index is 1.65. The van der Waals surface area contributed by atoms with E-state index in [2.05, 4.69) is 15.6 Å². The molecule has 1 aromatic carbocycles. The monoisotopic (exact) mass is 362 g/mol. The molecule has 2 N–H and O–H groups in total. The van der Waals surface area contributed by atoms with Gasteiger partial charge >= 0.3 is 6.03 Å². The maximum atomic E-state index is 12.3. The Kier molecular flexibility index (Phi) is 5.03. The van der Waals surface area contributed by atoms with E-state index in [4.69, 9.17) is 9.47 Å². The number of anilines is 2. The van der Waals surface area contributed by atoms with Crippen molar-refractivity contribution >= 4 is 34.1 Å². The van der Waals surface area contributed by atoms with Gasteiger partial charge in [0.25, 0.3) is 0 Å². The Morgan fingerprint density at radius 3 is 2.80 bits per heavy atom. The van der Waals surface area contributed by atoms with Crippen LogP contribution in [0.3, 0.4) is 0 Å². The quantitative estimate of drug-likeness (QED) is 0.850. The second-order valence-corrected chi connectivity index (χ2v) is 6.27. The Bertz CT molecular complexity index is 766. The molecule has 3 rings (SSSR count). The van der Waals surface area contributed by atoms with E-state index in [0.29, 0.717) is 28.9 Å². The Morgan fingerprint density at radius 2 is 2.12 bits per heavy atom. The number of hydrogen-bond donors (Lipinski definition) is 2. The molecule has 25 heavy (non-hydrogen) atoms. The molecule has 8 nitrogen and oxygen atoms in total. The zero-order valence-corrected chi connectivity index (χ0v) is 14.6. The maximum absolute atomic E-state index is 12.3. The zero-order chi connectivity index (χ0) is 17.8. The van der Waals surface area contributed by atoms with Gasteiger partial charge in [-0.05, 0) is 12.1 Å². The lowest BCUT2D eigenvalue weighted by molar-refractivity contribution is -0.117. The summed E-state index contributed by atoms with van der Waals surface area (Å²) < 4.78 is 10.5. The second kappa shape index (κ2) is 7.39. The summed E-state index contributed by atoms with van der Waals surface area (Å²) in [5.41, 5.74) is 0.701. The molecule has 1 atom stereocenters. The first-order valence-corrected chi connectivity index (χ1v) is 8.48. The van der Waals surface area contributed by atoms with E-state index < -0.39 is 0 Å². The van der Waals surface area contributed by atoms with Crippen LogP contribution in [0, 0.1) is 0 Å². The standard InChI is InChI=1S/C16H18N4O4S/c1-23-12-4-3-11(8-13(12)24-2)20-9-10(7-14(20)21)18-15(22)19-16-17-5-6-25-16/h3-6,8,10H,7,9H2,1-2H3,(H2,17,18,19,22)/t10-/m1/s1. The number of aromatic nitrogens is 1. The molecule has 2 heterocycles. The van der Waals surface area contributed by atoms with Crippen LogP contribution in [0.5, 0.6) is 11.5 Å². The van der Waals surface area contributed by atoms with Crippen LogP contribution < -0.4 is 25.0 Å². The minimum absolute atomic E-state index is 0.0632. The van der Waals surface area contributed by atoms with Gasteiger partial charge in [-0.1, -0.05) is 0 Å². The van der Waals surface area contributed by atoms with Crippen molar-refractivity contribution in [2.45, 2.75) is 12.5 Å². The number of carbonyl (C=O) groups excluding carboxylic acids is 2. The van der Waals surface area contributed by atoms with Crippen molar-refractivity contribution in [2.75, 3.05) is 31.0 Å². The Morgan fingerprint density at radius 1 is 1.32 bits per heavy atom. The van der Waals surface area contributed by atoms with Crippen molar-refractivity contribution in [1.29, 1.82) is 0 Å². The van der Waals surface area contributed by atoms with Crippen molar-refractivity contribution in [3.8, 4) is 11.5 Å². The van der Waals surface area contributed by atoms with E-state index in [-0.39, 0.29) is 24.4 Å². The first-order valence-electron chi connectivity index (χ1n) is 7.60. The van der Waals surface area contributed by atoms with Crippen LogP contribution in [-0.4, -0.2) is 43.7 Å². The molecule has 1 aromatic heterocycles. The number of urea groups is 1. The van der Waals surface area contributed by atoms with Crippen molar-refractivity contribution < 1.29 is 19.1 Å². The minimum atomic E-state index is -0.373. The minimum Gasteiger partial charge on any atom is -0.493 e. The fraction of sp³-hybridized carbons (Fsp3) is 0.312. The molecule has 0 radical (unpaired) electrons. The molecule has 0 spiro atoms. The third-order valence-electron chi connectivity index (χ3n) is 3.79. The summed E-state index contributed by atoms with van der Waals surface area (Å²) >= 11 is 1.33. The highest BCUT2D eigenvalue weighted by Gasteiger charge is 2.32. The lowest BCUT2D eigenvalue weighted by Crippen LogP contribution is -2.39. The number of methoxy groups -OCH3 is 2. The fourth-order valence-corrected chi connectivity index (χ4v) is 3.17.